The van der Waals surface area contributed by atoms with Crippen molar-refractivity contribution in [3.8, 4) is 10.7 Å². The van der Waals surface area contributed by atoms with E-state index in [-0.39, 0.29) is 12.4 Å². The van der Waals surface area contributed by atoms with Crippen molar-refractivity contribution in [1.82, 2.24) is 20.2 Å². The Bertz CT molecular complexity index is 840. The van der Waals surface area contributed by atoms with E-state index >= 15 is 0 Å². The Morgan fingerprint density at radius 2 is 2.15 bits per heavy atom. The molecular weight excluding hydrogens is 387 g/mol. The first-order valence-electron chi connectivity index (χ1n) is 8.35. The number of benzene rings is 1. The van der Waals surface area contributed by atoms with Gasteiger partial charge in [0.25, 0.3) is 0 Å². The molecule has 0 spiro atoms. The van der Waals surface area contributed by atoms with Crippen LogP contribution in [0, 0.1) is 0 Å². The van der Waals surface area contributed by atoms with Crippen LogP contribution in [0.15, 0.2) is 54.0 Å². The van der Waals surface area contributed by atoms with Crippen LogP contribution in [0.5, 0.6) is 0 Å². The summed E-state index contributed by atoms with van der Waals surface area (Å²) in [5, 5.41) is 7.39. The van der Waals surface area contributed by atoms with Gasteiger partial charge in [-0.2, -0.15) is 0 Å². The zero-order valence-corrected chi connectivity index (χ0v) is 16.5. The lowest BCUT2D eigenvalue weighted by Crippen LogP contribution is -2.45. The van der Waals surface area contributed by atoms with Gasteiger partial charge in [-0.3, -0.25) is 9.88 Å². The van der Waals surface area contributed by atoms with Gasteiger partial charge in [0.1, 0.15) is 5.01 Å². The standard InChI is InChI=1S/C19H19ClN4S.ClH/c20-15-5-3-4-14(10-15)18-11-21-8-9-24(18)12-16-13-25-19(23-16)17-6-1-2-7-22-17;/h1-7,10,13,18,21H,8-9,11-12H2;1H. The van der Waals surface area contributed by atoms with Crippen molar-refractivity contribution in [2.24, 2.45) is 0 Å². The Labute approximate surface area is 168 Å². The Hall–Kier alpha value is -1.50. The van der Waals surface area contributed by atoms with Gasteiger partial charge < -0.3 is 5.32 Å². The average molecular weight is 407 g/mol. The Morgan fingerprint density at radius 3 is 2.96 bits per heavy atom. The number of pyridine rings is 1. The third kappa shape index (κ3) is 4.42. The van der Waals surface area contributed by atoms with Gasteiger partial charge in [-0.1, -0.05) is 29.8 Å². The van der Waals surface area contributed by atoms with Crippen molar-refractivity contribution in [3.63, 3.8) is 0 Å². The third-order valence-corrected chi connectivity index (χ3v) is 5.54. The van der Waals surface area contributed by atoms with Gasteiger partial charge in [0.15, 0.2) is 0 Å². The van der Waals surface area contributed by atoms with Crippen LogP contribution in [-0.2, 0) is 6.54 Å². The van der Waals surface area contributed by atoms with Gasteiger partial charge in [-0.25, -0.2) is 4.98 Å². The molecule has 136 valence electrons. The second-order valence-electron chi connectivity index (χ2n) is 6.10. The highest BCUT2D eigenvalue weighted by atomic mass is 35.5. The highest BCUT2D eigenvalue weighted by Gasteiger charge is 2.24. The highest BCUT2D eigenvalue weighted by Crippen LogP contribution is 2.28. The van der Waals surface area contributed by atoms with E-state index < -0.39 is 0 Å². The SMILES string of the molecule is Cl.Clc1cccc(C2CNCCN2Cc2csc(-c3ccccn3)n2)c1. The fourth-order valence-electron chi connectivity index (χ4n) is 3.17. The van der Waals surface area contributed by atoms with Crippen molar-refractivity contribution < 1.29 is 0 Å². The topological polar surface area (TPSA) is 41.0 Å². The summed E-state index contributed by atoms with van der Waals surface area (Å²) in [6.45, 7) is 3.75. The molecule has 1 N–H and O–H groups in total. The predicted octanol–water partition coefficient (Wildman–Crippen LogP) is 4.43. The lowest BCUT2D eigenvalue weighted by Gasteiger charge is -2.36. The van der Waals surface area contributed by atoms with Crippen molar-refractivity contribution in [1.29, 1.82) is 0 Å². The quantitative estimate of drug-likeness (QED) is 0.695. The van der Waals surface area contributed by atoms with Gasteiger partial charge in [0.05, 0.1) is 11.4 Å². The van der Waals surface area contributed by atoms with Crippen LogP contribution in [0.2, 0.25) is 5.02 Å². The molecule has 0 bridgehead atoms. The molecule has 1 aromatic carbocycles. The first-order valence-corrected chi connectivity index (χ1v) is 9.61. The second kappa shape index (κ2) is 8.93. The number of nitrogens with one attached hydrogen (secondary N) is 1. The lowest BCUT2D eigenvalue weighted by molar-refractivity contribution is 0.152. The maximum absolute atomic E-state index is 6.19. The number of rotatable bonds is 4. The molecule has 1 aliphatic rings. The zero-order chi connectivity index (χ0) is 17.1. The smallest absolute Gasteiger partial charge is 0.142 e. The summed E-state index contributed by atoms with van der Waals surface area (Å²) in [5.74, 6) is 0. The minimum atomic E-state index is 0. The maximum Gasteiger partial charge on any atom is 0.142 e. The number of halogens is 2. The molecule has 0 amide bonds. The van der Waals surface area contributed by atoms with E-state index in [1.54, 1.807) is 11.3 Å². The van der Waals surface area contributed by atoms with E-state index in [4.69, 9.17) is 16.6 Å². The molecule has 1 aliphatic heterocycles. The molecule has 3 heterocycles. The summed E-state index contributed by atoms with van der Waals surface area (Å²) >= 11 is 7.84. The average Bonchev–Trinajstić information content (AvgIpc) is 3.11. The normalized spacial score (nSPS) is 17.7. The van der Waals surface area contributed by atoms with Crippen molar-refractivity contribution in [2.75, 3.05) is 19.6 Å². The van der Waals surface area contributed by atoms with Crippen LogP contribution in [-0.4, -0.2) is 34.5 Å². The fourth-order valence-corrected chi connectivity index (χ4v) is 4.16. The number of aromatic nitrogens is 2. The number of nitrogens with zero attached hydrogens (tertiary/aromatic N) is 3. The summed E-state index contributed by atoms with van der Waals surface area (Å²) in [6, 6.07) is 14.4. The number of thiazole rings is 1. The molecule has 0 radical (unpaired) electrons. The summed E-state index contributed by atoms with van der Waals surface area (Å²) < 4.78 is 0. The van der Waals surface area contributed by atoms with Gasteiger partial charge in [0, 0.05) is 48.8 Å². The predicted molar refractivity (Wildman–Crippen MR) is 110 cm³/mol. The van der Waals surface area contributed by atoms with Gasteiger partial charge in [0.2, 0.25) is 0 Å². The summed E-state index contributed by atoms with van der Waals surface area (Å²) in [6.07, 6.45) is 1.81. The van der Waals surface area contributed by atoms with E-state index in [9.17, 15) is 0 Å². The van der Waals surface area contributed by atoms with E-state index in [2.05, 4.69) is 32.7 Å². The van der Waals surface area contributed by atoms with Crippen LogP contribution in [0.3, 0.4) is 0 Å². The van der Waals surface area contributed by atoms with Crippen LogP contribution in [0.25, 0.3) is 10.7 Å². The summed E-state index contributed by atoms with van der Waals surface area (Å²) in [5.41, 5.74) is 3.28. The molecule has 26 heavy (non-hydrogen) atoms. The highest BCUT2D eigenvalue weighted by molar-refractivity contribution is 7.13. The molecule has 0 saturated carbocycles. The molecule has 4 nitrogen and oxygen atoms in total. The molecule has 2 aromatic heterocycles. The Balaban J connectivity index is 0.00000196. The van der Waals surface area contributed by atoms with Crippen molar-refractivity contribution in [2.45, 2.75) is 12.6 Å². The van der Waals surface area contributed by atoms with Crippen LogP contribution < -0.4 is 5.32 Å². The Morgan fingerprint density at radius 1 is 1.23 bits per heavy atom. The van der Waals surface area contributed by atoms with E-state index in [0.717, 1.165) is 47.6 Å². The first kappa shape index (κ1) is 19.3. The van der Waals surface area contributed by atoms with Gasteiger partial charge in [-0.15, -0.1) is 23.7 Å². The van der Waals surface area contributed by atoms with Crippen LogP contribution >= 0.6 is 35.3 Å². The van der Waals surface area contributed by atoms with Crippen LogP contribution in [0.1, 0.15) is 17.3 Å². The van der Waals surface area contributed by atoms with Gasteiger partial charge >= 0.3 is 0 Å². The van der Waals surface area contributed by atoms with Crippen molar-refractivity contribution in [3.05, 3.63) is 70.3 Å². The number of piperazine rings is 1. The molecular formula is C19H20Cl2N4S. The molecule has 1 fully saturated rings. The summed E-state index contributed by atoms with van der Waals surface area (Å²) in [7, 11) is 0. The fraction of sp³-hybridized carbons (Fsp3) is 0.263. The lowest BCUT2D eigenvalue weighted by atomic mass is 10.0. The molecule has 7 heteroatoms. The van der Waals surface area contributed by atoms with E-state index in [0.29, 0.717) is 6.04 Å². The second-order valence-corrected chi connectivity index (χ2v) is 7.40. The monoisotopic (exact) mass is 406 g/mol. The minimum absolute atomic E-state index is 0. The molecule has 0 aliphatic carbocycles. The maximum atomic E-state index is 6.19. The molecule has 3 aromatic rings. The van der Waals surface area contributed by atoms with Crippen molar-refractivity contribution >= 4 is 35.3 Å². The zero-order valence-electron chi connectivity index (χ0n) is 14.1. The van der Waals surface area contributed by atoms with E-state index in [1.165, 1.54) is 5.56 Å². The first-order chi connectivity index (χ1) is 12.3. The molecule has 1 saturated heterocycles. The molecule has 4 rings (SSSR count). The van der Waals surface area contributed by atoms with Crippen LogP contribution in [0.4, 0.5) is 0 Å². The van der Waals surface area contributed by atoms with Gasteiger partial charge in [-0.05, 0) is 29.8 Å². The largest absolute Gasteiger partial charge is 0.314 e. The minimum Gasteiger partial charge on any atom is -0.314 e. The summed E-state index contributed by atoms with van der Waals surface area (Å²) in [4.78, 5) is 11.7. The van der Waals surface area contributed by atoms with E-state index in [1.807, 2.05) is 36.5 Å². The molecule has 1 unspecified atom stereocenters. The number of hydrogen-bond donors (Lipinski definition) is 1. The molecule has 1 atom stereocenters. The Kier molecular flexibility index (Phi) is 6.62. The number of hydrogen-bond acceptors (Lipinski definition) is 5. The third-order valence-electron chi connectivity index (χ3n) is 4.39.